The van der Waals surface area contributed by atoms with Gasteiger partial charge in [-0.2, -0.15) is 0 Å². The molecule has 82 valence electrons. The van der Waals surface area contributed by atoms with Crippen LogP contribution in [-0.2, 0) is 5.41 Å². The molecule has 1 aromatic rings. The first kappa shape index (κ1) is 12.0. The molecule has 0 bridgehead atoms. The molecule has 0 radical (unpaired) electrons. The van der Waals surface area contributed by atoms with Crippen LogP contribution in [0.3, 0.4) is 0 Å². The van der Waals surface area contributed by atoms with Crippen LogP contribution in [0.15, 0.2) is 30.8 Å². The van der Waals surface area contributed by atoms with Gasteiger partial charge in [-0.1, -0.05) is 65.0 Å². The number of hydrogen-bond donors (Lipinski definition) is 0. The molecule has 0 heteroatoms. The monoisotopic (exact) mass is 202 g/mol. The molecule has 0 amide bonds. The lowest BCUT2D eigenvalue weighted by atomic mass is 9.86. The van der Waals surface area contributed by atoms with E-state index in [1.165, 1.54) is 23.1 Å². The molecule has 1 rings (SSSR count). The first-order chi connectivity index (χ1) is 6.95. The Morgan fingerprint density at radius 1 is 1.13 bits per heavy atom. The maximum absolute atomic E-state index is 4.11. The summed E-state index contributed by atoms with van der Waals surface area (Å²) in [4.78, 5) is 0. The molecule has 0 aliphatic carbocycles. The molecule has 1 aromatic carbocycles. The molecule has 0 fully saturated rings. The van der Waals surface area contributed by atoms with Crippen molar-refractivity contribution >= 4 is 5.57 Å². The SMILES string of the molecule is C=C(CCC)c1ccc(C(C)(C)C)cc1. The van der Waals surface area contributed by atoms with E-state index in [9.17, 15) is 0 Å². The minimum atomic E-state index is 0.241. The number of hydrogen-bond acceptors (Lipinski definition) is 0. The summed E-state index contributed by atoms with van der Waals surface area (Å²) in [6, 6.07) is 8.82. The highest BCUT2D eigenvalue weighted by molar-refractivity contribution is 5.63. The molecule has 0 heterocycles. The van der Waals surface area contributed by atoms with E-state index < -0.39 is 0 Å². The maximum Gasteiger partial charge on any atom is -0.0132 e. The Labute approximate surface area is 94.0 Å². The molecular weight excluding hydrogens is 180 g/mol. The summed E-state index contributed by atoms with van der Waals surface area (Å²) in [6.45, 7) is 13.0. The third-order valence-corrected chi connectivity index (χ3v) is 2.71. The lowest BCUT2D eigenvalue weighted by molar-refractivity contribution is 0.590. The van der Waals surface area contributed by atoms with Crippen molar-refractivity contribution in [2.75, 3.05) is 0 Å². The Balaban J connectivity index is 2.86. The van der Waals surface area contributed by atoms with Crippen LogP contribution in [0.1, 0.15) is 51.7 Å². The molecular formula is C15H22. The van der Waals surface area contributed by atoms with Crippen LogP contribution in [0.25, 0.3) is 5.57 Å². The van der Waals surface area contributed by atoms with Gasteiger partial charge in [-0.15, -0.1) is 0 Å². The maximum atomic E-state index is 4.11. The summed E-state index contributed by atoms with van der Waals surface area (Å²) in [6.07, 6.45) is 2.26. The number of allylic oxidation sites excluding steroid dienone is 1. The van der Waals surface area contributed by atoms with Crippen molar-refractivity contribution in [3.63, 3.8) is 0 Å². The van der Waals surface area contributed by atoms with Gasteiger partial charge in [0.15, 0.2) is 0 Å². The summed E-state index contributed by atoms with van der Waals surface area (Å²) in [5, 5.41) is 0. The average molecular weight is 202 g/mol. The van der Waals surface area contributed by atoms with Gasteiger partial charge in [-0.25, -0.2) is 0 Å². The van der Waals surface area contributed by atoms with Crippen LogP contribution in [0.4, 0.5) is 0 Å². The average Bonchev–Trinajstić information content (AvgIpc) is 2.17. The zero-order valence-electron chi connectivity index (χ0n) is 10.4. The van der Waals surface area contributed by atoms with Crippen LogP contribution in [-0.4, -0.2) is 0 Å². The van der Waals surface area contributed by atoms with Gasteiger partial charge >= 0.3 is 0 Å². The Kier molecular flexibility index (Phi) is 3.73. The largest absolute Gasteiger partial charge is 0.0952 e. The van der Waals surface area contributed by atoms with E-state index in [1.807, 2.05) is 0 Å². The molecule has 0 aromatic heterocycles. The van der Waals surface area contributed by atoms with E-state index in [0.29, 0.717) is 0 Å². The molecule has 0 saturated carbocycles. The summed E-state index contributed by atoms with van der Waals surface area (Å²) in [5.74, 6) is 0. The molecule has 0 saturated heterocycles. The van der Waals surface area contributed by atoms with Gasteiger partial charge in [-0.3, -0.25) is 0 Å². The normalized spacial score (nSPS) is 11.5. The summed E-state index contributed by atoms with van der Waals surface area (Å²) in [7, 11) is 0. The number of rotatable bonds is 3. The highest BCUT2D eigenvalue weighted by Crippen LogP contribution is 2.25. The summed E-state index contributed by atoms with van der Waals surface area (Å²) < 4.78 is 0. The second-order valence-electron chi connectivity index (χ2n) is 5.18. The second-order valence-corrected chi connectivity index (χ2v) is 5.18. The quantitative estimate of drug-likeness (QED) is 0.660. The highest BCUT2D eigenvalue weighted by Gasteiger charge is 2.12. The van der Waals surface area contributed by atoms with Crippen molar-refractivity contribution in [3.05, 3.63) is 42.0 Å². The number of benzene rings is 1. The molecule has 0 aliphatic rings. The van der Waals surface area contributed by atoms with Gasteiger partial charge in [-0.05, 0) is 28.5 Å². The Hall–Kier alpha value is -1.04. The lowest BCUT2D eigenvalue weighted by Gasteiger charge is -2.19. The Bertz CT molecular complexity index is 322. The summed E-state index contributed by atoms with van der Waals surface area (Å²) in [5.41, 5.74) is 4.16. The minimum absolute atomic E-state index is 0.241. The van der Waals surface area contributed by atoms with E-state index in [1.54, 1.807) is 0 Å². The predicted molar refractivity (Wildman–Crippen MR) is 69.1 cm³/mol. The summed E-state index contributed by atoms with van der Waals surface area (Å²) >= 11 is 0. The van der Waals surface area contributed by atoms with Gasteiger partial charge in [0.2, 0.25) is 0 Å². The van der Waals surface area contributed by atoms with Gasteiger partial charge in [0, 0.05) is 0 Å². The lowest BCUT2D eigenvalue weighted by Crippen LogP contribution is -2.10. The van der Waals surface area contributed by atoms with E-state index in [4.69, 9.17) is 0 Å². The van der Waals surface area contributed by atoms with Crippen molar-refractivity contribution in [2.24, 2.45) is 0 Å². The van der Waals surface area contributed by atoms with Gasteiger partial charge in [0.05, 0.1) is 0 Å². The topological polar surface area (TPSA) is 0 Å². The van der Waals surface area contributed by atoms with E-state index in [-0.39, 0.29) is 5.41 Å². The Morgan fingerprint density at radius 2 is 1.67 bits per heavy atom. The minimum Gasteiger partial charge on any atom is -0.0952 e. The fraction of sp³-hybridized carbons (Fsp3) is 0.467. The third kappa shape index (κ3) is 3.23. The van der Waals surface area contributed by atoms with E-state index >= 15 is 0 Å². The van der Waals surface area contributed by atoms with Crippen LogP contribution in [0.5, 0.6) is 0 Å². The van der Waals surface area contributed by atoms with Crippen LogP contribution < -0.4 is 0 Å². The molecule has 0 aliphatic heterocycles. The van der Waals surface area contributed by atoms with Crippen molar-refractivity contribution in [1.29, 1.82) is 0 Å². The molecule has 15 heavy (non-hydrogen) atoms. The van der Waals surface area contributed by atoms with Crippen molar-refractivity contribution in [3.8, 4) is 0 Å². The first-order valence-corrected chi connectivity index (χ1v) is 5.74. The van der Waals surface area contributed by atoms with Gasteiger partial charge in [0.25, 0.3) is 0 Å². The molecule has 0 N–H and O–H groups in total. The standard InChI is InChI=1S/C15H22/c1-6-7-12(2)13-8-10-14(11-9-13)15(3,4)5/h8-11H,2,6-7H2,1,3-5H3. The smallest absolute Gasteiger partial charge is 0.0132 e. The fourth-order valence-electron chi connectivity index (χ4n) is 1.65. The van der Waals surface area contributed by atoms with Crippen LogP contribution in [0.2, 0.25) is 0 Å². The zero-order valence-corrected chi connectivity index (χ0v) is 10.4. The van der Waals surface area contributed by atoms with Gasteiger partial charge < -0.3 is 0 Å². The zero-order chi connectivity index (χ0) is 11.5. The van der Waals surface area contributed by atoms with Crippen molar-refractivity contribution in [2.45, 2.75) is 46.0 Å². The third-order valence-electron chi connectivity index (χ3n) is 2.71. The Morgan fingerprint density at radius 3 is 2.07 bits per heavy atom. The predicted octanol–water partition coefficient (Wildman–Crippen LogP) is 4.80. The highest BCUT2D eigenvalue weighted by atomic mass is 14.2. The van der Waals surface area contributed by atoms with Crippen LogP contribution in [0, 0.1) is 0 Å². The molecule has 0 nitrogen and oxygen atoms in total. The second kappa shape index (κ2) is 4.65. The molecule has 0 spiro atoms. The van der Waals surface area contributed by atoms with Crippen LogP contribution >= 0.6 is 0 Å². The van der Waals surface area contributed by atoms with Crippen molar-refractivity contribution < 1.29 is 0 Å². The van der Waals surface area contributed by atoms with Gasteiger partial charge in [0.1, 0.15) is 0 Å². The van der Waals surface area contributed by atoms with E-state index in [0.717, 1.165) is 6.42 Å². The first-order valence-electron chi connectivity index (χ1n) is 5.74. The molecule has 0 unspecified atom stereocenters. The van der Waals surface area contributed by atoms with E-state index in [2.05, 4.69) is 58.5 Å². The van der Waals surface area contributed by atoms with Crippen molar-refractivity contribution in [1.82, 2.24) is 0 Å². The molecule has 0 atom stereocenters. The fourth-order valence-corrected chi connectivity index (χ4v) is 1.65.